The Balaban J connectivity index is 1.61. The van der Waals surface area contributed by atoms with Crippen LogP contribution in [0.2, 0.25) is 0 Å². The number of benzene rings is 4. The minimum atomic E-state index is -5.01. The summed E-state index contributed by atoms with van der Waals surface area (Å²) in [6.07, 6.45) is -1.70. The van der Waals surface area contributed by atoms with E-state index in [1.165, 1.54) is 23.8 Å². The van der Waals surface area contributed by atoms with E-state index in [0.717, 1.165) is 47.7 Å². The number of ether oxygens (including phenoxy) is 1. The lowest BCUT2D eigenvalue weighted by molar-refractivity contribution is -0.275. The maximum Gasteiger partial charge on any atom is 0.573 e. The number of unbranched alkanes of at least 4 members (excludes halogenated alkanes) is 1. The van der Waals surface area contributed by atoms with E-state index in [9.17, 15) is 22.0 Å². The Kier molecular flexibility index (Phi) is 6.36. The van der Waals surface area contributed by atoms with Crippen molar-refractivity contribution < 1.29 is 26.7 Å². The van der Waals surface area contributed by atoms with Crippen LogP contribution in [0.25, 0.3) is 33.0 Å². The van der Waals surface area contributed by atoms with E-state index in [2.05, 4.69) is 29.9 Å². The third kappa shape index (κ3) is 5.33. The minimum absolute atomic E-state index is 0.0811. The van der Waals surface area contributed by atoms with Gasteiger partial charge in [0, 0.05) is 5.56 Å². The Bertz CT molecular complexity index is 1290. The summed E-state index contributed by atoms with van der Waals surface area (Å²) >= 11 is 0. The lowest BCUT2D eigenvalue weighted by Gasteiger charge is -2.12. The smallest absolute Gasteiger partial charge is 0.403 e. The minimum Gasteiger partial charge on any atom is -0.403 e. The molecule has 0 N–H and O–H groups in total. The molecule has 0 aromatic heterocycles. The van der Waals surface area contributed by atoms with Crippen LogP contribution in [0.1, 0.15) is 25.3 Å². The van der Waals surface area contributed by atoms with Gasteiger partial charge in [0.25, 0.3) is 0 Å². The molecule has 0 atom stereocenters. The number of hydrogen-bond acceptors (Lipinski definition) is 1. The van der Waals surface area contributed by atoms with E-state index in [1.807, 2.05) is 18.2 Å². The molecule has 0 saturated carbocycles. The Labute approximate surface area is 188 Å². The van der Waals surface area contributed by atoms with Crippen molar-refractivity contribution in [2.45, 2.75) is 32.5 Å². The molecular formula is C27H21F5O. The zero-order valence-electron chi connectivity index (χ0n) is 17.8. The van der Waals surface area contributed by atoms with Gasteiger partial charge in [-0.2, -0.15) is 0 Å². The van der Waals surface area contributed by atoms with Crippen molar-refractivity contribution in [2.75, 3.05) is 0 Å². The number of aryl methyl sites for hydroxylation is 1. The fraction of sp³-hybridized carbons (Fsp3) is 0.185. The van der Waals surface area contributed by atoms with Gasteiger partial charge in [0.2, 0.25) is 0 Å². The standard InChI is InChI=1S/C27H21F5O/c1-2-3-4-17-5-6-19-14-20(8-7-18(19)13-17)21-9-11-23(24(28)15-21)22-10-12-26(25(29)16-22)33-27(30,31)32/h5-16H,2-4H2,1H3. The van der Waals surface area contributed by atoms with Crippen LogP contribution in [0.3, 0.4) is 0 Å². The van der Waals surface area contributed by atoms with Crippen molar-refractivity contribution in [3.05, 3.63) is 90.0 Å². The van der Waals surface area contributed by atoms with Gasteiger partial charge in [-0.25, -0.2) is 8.78 Å². The zero-order chi connectivity index (χ0) is 23.6. The lowest BCUT2D eigenvalue weighted by atomic mass is 9.96. The highest BCUT2D eigenvalue weighted by atomic mass is 19.4. The second-order valence-corrected chi connectivity index (χ2v) is 7.89. The molecule has 0 fully saturated rings. The number of halogens is 5. The first-order valence-corrected chi connectivity index (χ1v) is 10.6. The molecule has 0 radical (unpaired) electrons. The summed E-state index contributed by atoms with van der Waals surface area (Å²) in [5, 5.41) is 2.15. The van der Waals surface area contributed by atoms with Crippen LogP contribution in [0.5, 0.6) is 5.75 Å². The van der Waals surface area contributed by atoms with Crippen molar-refractivity contribution in [2.24, 2.45) is 0 Å². The highest BCUT2D eigenvalue weighted by molar-refractivity contribution is 5.88. The van der Waals surface area contributed by atoms with Crippen LogP contribution in [0.4, 0.5) is 22.0 Å². The summed E-state index contributed by atoms with van der Waals surface area (Å²) in [6, 6.07) is 19.6. The van der Waals surface area contributed by atoms with Gasteiger partial charge in [0.1, 0.15) is 5.82 Å². The fourth-order valence-electron chi connectivity index (χ4n) is 3.82. The third-order valence-corrected chi connectivity index (χ3v) is 5.49. The first-order valence-electron chi connectivity index (χ1n) is 10.6. The average Bonchev–Trinajstić information content (AvgIpc) is 2.77. The van der Waals surface area contributed by atoms with E-state index in [1.54, 1.807) is 6.07 Å². The Morgan fingerprint density at radius 1 is 0.697 bits per heavy atom. The molecule has 6 heteroatoms. The monoisotopic (exact) mass is 456 g/mol. The normalized spacial score (nSPS) is 11.7. The van der Waals surface area contributed by atoms with Crippen LogP contribution in [0, 0.1) is 11.6 Å². The molecule has 0 aliphatic carbocycles. The first-order chi connectivity index (χ1) is 15.7. The quantitative estimate of drug-likeness (QED) is 0.264. The molecule has 4 aromatic rings. The number of fused-ring (bicyclic) bond motifs is 1. The van der Waals surface area contributed by atoms with E-state index in [0.29, 0.717) is 5.56 Å². The Morgan fingerprint density at radius 2 is 1.33 bits per heavy atom. The van der Waals surface area contributed by atoms with E-state index >= 15 is 0 Å². The Morgan fingerprint density at radius 3 is 2.03 bits per heavy atom. The zero-order valence-corrected chi connectivity index (χ0v) is 17.8. The SMILES string of the molecule is CCCCc1ccc2cc(-c3ccc(-c4ccc(OC(F)(F)F)c(F)c4)c(F)c3)ccc2c1. The summed E-state index contributed by atoms with van der Waals surface area (Å²) in [5.41, 5.74) is 2.95. The summed E-state index contributed by atoms with van der Waals surface area (Å²) in [5.74, 6) is -2.79. The van der Waals surface area contributed by atoms with Crippen molar-refractivity contribution in [3.8, 4) is 28.0 Å². The molecule has 0 aliphatic heterocycles. The van der Waals surface area contributed by atoms with Gasteiger partial charge in [-0.05, 0) is 70.1 Å². The molecule has 170 valence electrons. The van der Waals surface area contributed by atoms with Crippen molar-refractivity contribution in [3.63, 3.8) is 0 Å². The summed E-state index contributed by atoms with van der Waals surface area (Å²) in [7, 11) is 0. The van der Waals surface area contributed by atoms with Gasteiger partial charge in [0.05, 0.1) is 0 Å². The van der Waals surface area contributed by atoms with Crippen LogP contribution in [0.15, 0.2) is 72.8 Å². The van der Waals surface area contributed by atoms with Crippen LogP contribution >= 0.6 is 0 Å². The molecule has 33 heavy (non-hydrogen) atoms. The summed E-state index contributed by atoms with van der Waals surface area (Å²) in [6.45, 7) is 2.16. The summed E-state index contributed by atoms with van der Waals surface area (Å²) in [4.78, 5) is 0. The maximum absolute atomic E-state index is 14.9. The van der Waals surface area contributed by atoms with E-state index < -0.39 is 23.7 Å². The van der Waals surface area contributed by atoms with Gasteiger partial charge in [-0.3, -0.25) is 0 Å². The number of rotatable bonds is 6. The highest BCUT2D eigenvalue weighted by Crippen LogP contribution is 2.33. The molecule has 0 unspecified atom stereocenters. The topological polar surface area (TPSA) is 9.23 Å². The predicted molar refractivity (Wildman–Crippen MR) is 120 cm³/mol. The second-order valence-electron chi connectivity index (χ2n) is 7.89. The third-order valence-electron chi connectivity index (χ3n) is 5.49. The van der Waals surface area contributed by atoms with Crippen molar-refractivity contribution >= 4 is 10.8 Å². The molecule has 0 aliphatic rings. The van der Waals surface area contributed by atoms with Crippen LogP contribution < -0.4 is 4.74 Å². The van der Waals surface area contributed by atoms with Crippen LogP contribution in [-0.4, -0.2) is 6.36 Å². The van der Waals surface area contributed by atoms with Crippen molar-refractivity contribution in [1.29, 1.82) is 0 Å². The summed E-state index contributed by atoms with van der Waals surface area (Å²) < 4.78 is 69.5. The number of hydrogen-bond donors (Lipinski definition) is 0. The van der Waals surface area contributed by atoms with Gasteiger partial charge in [-0.1, -0.05) is 61.9 Å². The van der Waals surface area contributed by atoms with Gasteiger partial charge in [0.15, 0.2) is 11.6 Å². The van der Waals surface area contributed by atoms with E-state index in [4.69, 9.17) is 0 Å². The van der Waals surface area contributed by atoms with Crippen LogP contribution in [-0.2, 0) is 6.42 Å². The van der Waals surface area contributed by atoms with Gasteiger partial charge < -0.3 is 4.74 Å². The molecule has 0 heterocycles. The number of alkyl halides is 3. The molecular weight excluding hydrogens is 435 g/mol. The highest BCUT2D eigenvalue weighted by Gasteiger charge is 2.32. The molecule has 4 aromatic carbocycles. The predicted octanol–water partition coefficient (Wildman–Crippen LogP) is 8.69. The molecule has 4 rings (SSSR count). The van der Waals surface area contributed by atoms with E-state index in [-0.39, 0.29) is 11.1 Å². The molecule has 0 amide bonds. The molecule has 1 nitrogen and oxygen atoms in total. The molecule has 0 saturated heterocycles. The second kappa shape index (κ2) is 9.22. The Hall–Kier alpha value is -3.41. The van der Waals surface area contributed by atoms with Gasteiger partial charge >= 0.3 is 6.36 Å². The first kappa shape index (κ1) is 22.8. The van der Waals surface area contributed by atoms with Gasteiger partial charge in [-0.15, -0.1) is 13.2 Å². The maximum atomic E-state index is 14.9. The molecule has 0 spiro atoms. The largest absolute Gasteiger partial charge is 0.573 e. The fourth-order valence-corrected chi connectivity index (χ4v) is 3.82. The molecule has 0 bridgehead atoms. The lowest BCUT2D eigenvalue weighted by Crippen LogP contribution is -2.17. The average molecular weight is 456 g/mol. The van der Waals surface area contributed by atoms with Crippen molar-refractivity contribution in [1.82, 2.24) is 0 Å².